The SMILES string of the molecule is C[C@@H]([C@H](C)O)[C@H](N)c1nn[nH]n1. The fraction of sp³-hybridized carbons (Fsp3) is 0.833. The van der Waals surface area contributed by atoms with E-state index < -0.39 is 6.10 Å². The number of hydrogen-bond acceptors (Lipinski definition) is 5. The second-order valence-corrected chi connectivity index (χ2v) is 2.90. The smallest absolute Gasteiger partial charge is 0.191 e. The molecule has 0 aliphatic carbocycles. The van der Waals surface area contributed by atoms with Gasteiger partial charge in [0.25, 0.3) is 0 Å². The van der Waals surface area contributed by atoms with Crippen molar-refractivity contribution in [3.63, 3.8) is 0 Å². The maximum absolute atomic E-state index is 9.22. The van der Waals surface area contributed by atoms with E-state index in [1.165, 1.54) is 0 Å². The Labute approximate surface area is 70.2 Å². The van der Waals surface area contributed by atoms with Crippen LogP contribution in [0.25, 0.3) is 0 Å². The lowest BCUT2D eigenvalue weighted by Crippen LogP contribution is -2.28. The molecule has 0 saturated heterocycles. The van der Waals surface area contributed by atoms with E-state index >= 15 is 0 Å². The molecule has 6 nitrogen and oxygen atoms in total. The van der Waals surface area contributed by atoms with Crippen LogP contribution in [0.5, 0.6) is 0 Å². The standard InChI is InChI=1S/C6H13N5O/c1-3(4(2)12)5(7)6-8-10-11-9-6/h3-5,12H,7H2,1-2H3,(H,8,9,10,11)/t3-,4-,5-/m0/s1. The number of nitrogens with two attached hydrogens (primary N) is 1. The average molecular weight is 171 g/mol. The first-order valence-corrected chi connectivity index (χ1v) is 3.80. The summed E-state index contributed by atoms with van der Waals surface area (Å²) in [6, 6.07) is -0.372. The molecule has 0 amide bonds. The Kier molecular flexibility index (Phi) is 2.72. The minimum Gasteiger partial charge on any atom is -0.393 e. The number of nitrogens with zero attached hydrogens (tertiary/aromatic N) is 3. The first kappa shape index (κ1) is 9.08. The van der Waals surface area contributed by atoms with Crippen LogP contribution in [0.3, 0.4) is 0 Å². The van der Waals surface area contributed by atoms with Crippen LogP contribution in [0.1, 0.15) is 25.7 Å². The molecule has 1 aromatic rings. The van der Waals surface area contributed by atoms with Gasteiger partial charge in [-0.1, -0.05) is 12.1 Å². The first-order chi connectivity index (χ1) is 5.63. The lowest BCUT2D eigenvalue weighted by Gasteiger charge is -2.18. The summed E-state index contributed by atoms with van der Waals surface area (Å²) >= 11 is 0. The quantitative estimate of drug-likeness (QED) is 0.553. The van der Waals surface area contributed by atoms with Crippen molar-refractivity contribution in [3.8, 4) is 0 Å². The van der Waals surface area contributed by atoms with Crippen molar-refractivity contribution < 1.29 is 5.11 Å². The van der Waals surface area contributed by atoms with Crippen LogP contribution in [0.15, 0.2) is 0 Å². The van der Waals surface area contributed by atoms with Crippen LogP contribution >= 0.6 is 0 Å². The Hall–Kier alpha value is -1.01. The Balaban J connectivity index is 2.65. The van der Waals surface area contributed by atoms with Crippen LogP contribution in [-0.2, 0) is 0 Å². The largest absolute Gasteiger partial charge is 0.393 e. The topological polar surface area (TPSA) is 101 Å². The van der Waals surface area contributed by atoms with Crippen molar-refractivity contribution >= 4 is 0 Å². The summed E-state index contributed by atoms with van der Waals surface area (Å²) in [6.07, 6.45) is -0.474. The van der Waals surface area contributed by atoms with Gasteiger partial charge in [-0.3, -0.25) is 0 Å². The average Bonchev–Trinajstić information content (AvgIpc) is 2.53. The van der Waals surface area contributed by atoms with Gasteiger partial charge in [-0.2, -0.15) is 5.21 Å². The van der Waals surface area contributed by atoms with Crippen molar-refractivity contribution in [1.29, 1.82) is 0 Å². The number of rotatable bonds is 3. The number of aromatic amines is 1. The third kappa shape index (κ3) is 1.77. The monoisotopic (exact) mass is 171 g/mol. The molecule has 0 fully saturated rings. The fourth-order valence-corrected chi connectivity index (χ4v) is 0.846. The van der Waals surface area contributed by atoms with Crippen LogP contribution in [-0.4, -0.2) is 31.8 Å². The molecule has 0 aliphatic rings. The summed E-state index contributed by atoms with van der Waals surface area (Å²) in [5.41, 5.74) is 5.74. The predicted octanol–water partition coefficient (Wildman–Crippen LogP) is -0.784. The lowest BCUT2D eigenvalue weighted by molar-refractivity contribution is 0.118. The van der Waals surface area contributed by atoms with Gasteiger partial charge in [-0.25, -0.2) is 0 Å². The van der Waals surface area contributed by atoms with E-state index in [9.17, 15) is 5.11 Å². The predicted molar refractivity (Wildman–Crippen MR) is 42.0 cm³/mol. The van der Waals surface area contributed by atoms with Gasteiger partial charge in [0.1, 0.15) is 0 Å². The zero-order chi connectivity index (χ0) is 9.14. The second-order valence-electron chi connectivity index (χ2n) is 2.90. The normalized spacial score (nSPS) is 18.7. The van der Waals surface area contributed by atoms with E-state index in [2.05, 4.69) is 20.6 Å². The number of hydrogen-bond donors (Lipinski definition) is 3. The molecule has 1 rings (SSSR count). The van der Waals surface area contributed by atoms with Crippen LogP contribution in [0, 0.1) is 5.92 Å². The highest BCUT2D eigenvalue weighted by atomic mass is 16.3. The molecule has 0 radical (unpaired) electrons. The molecule has 6 heteroatoms. The van der Waals surface area contributed by atoms with Gasteiger partial charge in [-0.15, -0.1) is 10.2 Å². The van der Waals surface area contributed by atoms with E-state index in [0.717, 1.165) is 0 Å². The summed E-state index contributed by atoms with van der Waals surface area (Å²) in [5, 5.41) is 22.4. The molecule has 12 heavy (non-hydrogen) atoms. The number of H-pyrrole nitrogens is 1. The number of aromatic nitrogens is 4. The Morgan fingerprint density at radius 3 is 2.58 bits per heavy atom. The molecule has 0 saturated carbocycles. The summed E-state index contributed by atoms with van der Waals surface area (Å²) in [6.45, 7) is 3.52. The Morgan fingerprint density at radius 2 is 2.17 bits per heavy atom. The lowest BCUT2D eigenvalue weighted by atomic mass is 9.97. The molecular formula is C6H13N5O. The van der Waals surface area contributed by atoms with Gasteiger partial charge in [0, 0.05) is 5.92 Å². The molecular weight excluding hydrogens is 158 g/mol. The molecule has 68 valence electrons. The van der Waals surface area contributed by atoms with Crippen LogP contribution < -0.4 is 5.73 Å². The van der Waals surface area contributed by atoms with Crippen molar-refractivity contribution in [2.45, 2.75) is 26.0 Å². The zero-order valence-corrected chi connectivity index (χ0v) is 7.10. The molecule has 0 bridgehead atoms. The van der Waals surface area contributed by atoms with Gasteiger partial charge in [0.15, 0.2) is 5.82 Å². The minimum atomic E-state index is -0.474. The third-order valence-corrected chi connectivity index (χ3v) is 1.99. The van der Waals surface area contributed by atoms with Crippen molar-refractivity contribution in [3.05, 3.63) is 5.82 Å². The van der Waals surface area contributed by atoms with E-state index in [1.807, 2.05) is 6.92 Å². The zero-order valence-electron chi connectivity index (χ0n) is 7.10. The van der Waals surface area contributed by atoms with E-state index in [4.69, 9.17) is 5.73 Å². The fourth-order valence-electron chi connectivity index (χ4n) is 0.846. The number of nitrogens with one attached hydrogen (secondary N) is 1. The maximum Gasteiger partial charge on any atom is 0.191 e. The van der Waals surface area contributed by atoms with Crippen LogP contribution in [0.4, 0.5) is 0 Å². The molecule has 1 aromatic heterocycles. The summed E-state index contributed by atoms with van der Waals surface area (Å²) < 4.78 is 0. The highest BCUT2D eigenvalue weighted by molar-refractivity contribution is 4.90. The molecule has 1 heterocycles. The molecule has 4 N–H and O–H groups in total. The van der Waals surface area contributed by atoms with Gasteiger partial charge in [0.05, 0.1) is 12.1 Å². The summed E-state index contributed by atoms with van der Waals surface area (Å²) in [4.78, 5) is 0. The number of tetrazole rings is 1. The maximum atomic E-state index is 9.22. The van der Waals surface area contributed by atoms with Gasteiger partial charge in [0.2, 0.25) is 0 Å². The highest BCUT2D eigenvalue weighted by Gasteiger charge is 2.22. The molecule has 0 aliphatic heterocycles. The van der Waals surface area contributed by atoms with Gasteiger partial charge >= 0.3 is 0 Å². The number of aliphatic hydroxyl groups excluding tert-OH is 1. The molecule has 3 atom stereocenters. The second kappa shape index (κ2) is 3.59. The summed E-state index contributed by atoms with van der Waals surface area (Å²) in [5.74, 6) is 0.353. The van der Waals surface area contributed by atoms with Gasteiger partial charge < -0.3 is 10.8 Å². The van der Waals surface area contributed by atoms with Crippen molar-refractivity contribution in [2.24, 2.45) is 11.7 Å². The Morgan fingerprint density at radius 1 is 1.50 bits per heavy atom. The first-order valence-electron chi connectivity index (χ1n) is 3.80. The van der Waals surface area contributed by atoms with Crippen molar-refractivity contribution in [1.82, 2.24) is 20.6 Å². The van der Waals surface area contributed by atoms with E-state index in [1.54, 1.807) is 6.92 Å². The minimum absolute atomic E-state index is 0.0809. The van der Waals surface area contributed by atoms with E-state index in [-0.39, 0.29) is 12.0 Å². The van der Waals surface area contributed by atoms with Crippen molar-refractivity contribution in [2.75, 3.05) is 0 Å². The summed E-state index contributed by atoms with van der Waals surface area (Å²) in [7, 11) is 0. The molecule has 0 spiro atoms. The highest BCUT2D eigenvalue weighted by Crippen LogP contribution is 2.17. The van der Waals surface area contributed by atoms with Crippen LogP contribution in [0.2, 0.25) is 0 Å². The van der Waals surface area contributed by atoms with Gasteiger partial charge in [-0.05, 0) is 6.92 Å². The Bertz CT molecular complexity index is 222. The number of aliphatic hydroxyl groups is 1. The molecule has 0 aromatic carbocycles. The van der Waals surface area contributed by atoms with E-state index in [0.29, 0.717) is 5.82 Å². The molecule has 0 unspecified atom stereocenters. The third-order valence-electron chi connectivity index (χ3n) is 1.99.